The van der Waals surface area contributed by atoms with Crippen molar-refractivity contribution in [1.29, 1.82) is 0 Å². The molecule has 2 aromatic heterocycles. The number of nitrogens with one attached hydrogen (secondary N) is 3. The van der Waals surface area contributed by atoms with Gasteiger partial charge in [-0.2, -0.15) is 5.10 Å². The molecule has 0 radical (unpaired) electrons. The predicted molar refractivity (Wildman–Crippen MR) is 120 cm³/mol. The number of rotatable bonds is 5. The predicted octanol–water partition coefficient (Wildman–Crippen LogP) is 5.59. The van der Waals surface area contributed by atoms with Crippen LogP contribution in [0.25, 0.3) is 33.5 Å². The SMILES string of the molecule is CCC(I)c1ccc2nc(-c3n[nH]c4ccc(NC(=O)C5CC5(F)F)cc34)[nH]c2c1. The number of fused-ring (bicyclic) bond motifs is 2. The molecule has 6 nitrogen and oxygen atoms in total. The summed E-state index contributed by atoms with van der Waals surface area (Å²) in [5.41, 5.74) is 4.82. The van der Waals surface area contributed by atoms with Crippen LogP contribution in [0.1, 0.15) is 29.3 Å². The Kier molecular flexibility index (Phi) is 4.53. The van der Waals surface area contributed by atoms with Gasteiger partial charge in [0.05, 0.1) is 16.6 Å². The number of halogens is 3. The number of benzene rings is 2. The van der Waals surface area contributed by atoms with Crippen LogP contribution >= 0.6 is 22.6 Å². The third-order valence-corrected chi connectivity index (χ3v) is 7.02. The summed E-state index contributed by atoms with van der Waals surface area (Å²) in [6, 6.07) is 11.3. The fraction of sp³-hybridized carbons (Fsp3) is 0.286. The second-order valence-corrected chi connectivity index (χ2v) is 9.08. The number of carbonyl (C=O) groups is 1. The first-order chi connectivity index (χ1) is 14.4. The minimum Gasteiger partial charge on any atom is -0.337 e. The van der Waals surface area contributed by atoms with Crippen LogP contribution in [0.5, 0.6) is 0 Å². The maximum absolute atomic E-state index is 13.2. The lowest BCUT2D eigenvalue weighted by atomic mass is 10.1. The molecule has 2 heterocycles. The number of hydrogen-bond acceptors (Lipinski definition) is 3. The maximum Gasteiger partial charge on any atom is 0.260 e. The number of imidazole rings is 1. The van der Waals surface area contributed by atoms with E-state index < -0.39 is 24.2 Å². The Balaban J connectivity index is 1.49. The highest BCUT2D eigenvalue weighted by molar-refractivity contribution is 14.1. The van der Waals surface area contributed by atoms with Gasteiger partial charge in [-0.1, -0.05) is 35.6 Å². The standard InChI is InChI=1S/C21H18F2IN5O/c1-2-14(24)10-3-5-16-17(7-10)27-19(26-16)18-12-8-11(4-6-15(12)28-29-18)25-20(30)13-9-21(13,22)23/h3-8,13-14H,2,9H2,1H3,(H,25,30)(H,26,27)(H,28,29). The number of amides is 1. The Labute approximate surface area is 184 Å². The molecule has 3 N–H and O–H groups in total. The third kappa shape index (κ3) is 3.34. The van der Waals surface area contributed by atoms with Crippen LogP contribution in [-0.4, -0.2) is 32.0 Å². The molecule has 4 aromatic rings. The fourth-order valence-electron chi connectivity index (χ4n) is 3.57. The van der Waals surface area contributed by atoms with Crippen LogP contribution in [0, 0.1) is 5.92 Å². The quantitative estimate of drug-likeness (QED) is 0.237. The highest BCUT2D eigenvalue weighted by Crippen LogP contribution is 2.49. The smallest absolute Gasteiger partial charge is 0.260 e. The maximum atomic E-state index is 13.2. The van der Waals surface area contributed by atoms with Crippen molar-refractivity contribution in [3.05, 3.63) is 42.0 Å². The summed E-state index contributed by atoms with van der Waals surface area (Å²) < 4.78 is 26.7. The van der Waals surface area contributed by atoms with E-state index in [2.05, 4.69) is 67.1 Å². The van der Waals surface area contributed by atoms with Crippen molar-refractivity contribution in [3.63, 3.8) is 0 Å². The number of carbonyl (C=O) groups excluding carboxylic acids is 1. The molecule has 30 heavy (non-hydrogen) atoms. The number of alkyl halides is 3. The minimum atomic E-state index is -2.89. The lowest BCUT2D eigenvalue weighted by molar-refractivity contribution is -0.119. The highest BCUT2D eigenvalue weighted by atomic mass is 127. The van der Waals surface area contributed by atoms with E-state index in [4.69, 9.17) is 0 Å². The van der Waals surface area contributed by atoms with Gasteiger partial charge in [-0.3, -0.25) is 9.89 Å². The number of H-pyrrole nitrogens is 2. The van der Waals surface area contributed by atoms with Crippen LogP contribution in [0.2, 0.25) is 0 Å². The van der Waals surface area contributed by atoms with E-state index in [1.165, 1.54) is 5.56 Å². The van der Waals surface area contributed by atoms with E-state index in [-0.39, 0.29) is 0 Å². The molecule has 2 unspecified atom stereocenters. The van der Waals surface area contributed by atoms with Gasteiger partial charge in [0.25, 0.3) is 5.92 Å². The molecule has 0 spiro atoms. The number of hydrogen-bond donors (Lipinski definition) is 3. The van der Waals surface area contributed by atoms with E-state index >= 15 is 0 Å². The minimum absolute atomic E-state index is 0.394. The molecule has 0 saturated heterocycles. The number of aromatic amines is 2. The molecule has 0 aliphatic heterocycles. The van der Waals surface area contributed by atoms with Gasteiger partial charge >= 0.3 is 0 Å². The van der Waals surface area contributed by atoms with Gasteiger partial charge in [-0.15, -0.1) is 0 Å². The first-order valence-electron chi connectivity index (χ1n) is 9.66. The van der Waals surface area contributed by atoms with Crippen molar-refractivity contribution in [2.24, 2.45) is 5.92 Å². The van der Waals surface area contributed by atoms with Gasteiger partial charge in [-0.25, -0.2) is 13.8 Å². The Bertz CT molecular complexity index is 1280. The average Bonchev–Trinajstić information content (AvgIpc) is 3.08. The van der Waals surface area contributed by atoms with Gasteiger partial charge in [0.15, 0.2) is 5.82 Å². The van der Waals surface area contributed by atoms with E-state index in [1.54, 1.807) is 18.2 Å². The second kappa shape index (κ2) is 7.00. The molecule has 1 amide bonds. The molecular formula is C21H18F2IN5O. The normalized spacial score (nSPS) is 18.6. The van der Waals surface area contributed by atoms with Crippen molar-refractivity contribution in [3.8, 4) is 11.5 Å². The van der Waals surface area contributed by atoms with E-state index in [0.29, 0.717) is 21.1 Å². The average molecular weight is 521 g/mol. The molecule has 1 aliphatic carbocycles. The van der Waals surface area contributed by atoms with Crippen LogP contribution in [0.3, 0.4) is 0 Å². The summed E-state index contributed by atoms with van der Waals surface area (Å²) in [7, 11) is 0. The van der Waals surface area contributed by atoms with Crippen molar-refractivity contribution >= 4 is 56.1 Å². The van der Waals surface area contributed by atoms with Crippen molar-refractivity contribution < 1.29 is 13.6 Å². The molecule has 9 heteroatoms. The summed E-state index contributed by atoms with van der Waals surface area (Å²) in [4.78, 5) is 20.0. The van der Waals surface area contributed by atoms with E-state index in [1.807, 2.05) is 6.07 Å². The molecule has 1 saturated carbocycles. The summed E-state index contributed by atoms with van der Waals surface area (Å²) in [5.74, 6) is -4.19. The summed E-state index contributed by atoms with van der Waals surface area (Å²) >= 11 is 2.42. The molecule has 1 fully saturated rings. The zero-order valence-corrected chi connectivity index (χ0v) is 18.1. The van der Waals surface area contributed by atoms with Gasteiger partial charge in [0.1, 0.15) is 11.6 Å². The second-order valence-electron chi connectivity index (χ2n) is 7.58. The van der Waals surface area contributed by atoms with Gasteiger partial charge in [0, 0.05) is 21.4 Å². The van der Waals surface area contributed by atoms with Gasteiger partial charge < -0.3 is 10.3 Å². The zero-order valence-electron chi connectivity index (χ0n) is 16.0. The van der Waals surface area contributed by atoms with Crippen LogP contribution in [-0.2, 0) is 4.79 Å². The molecule has 5 rings (SSSR count). The molecule has 0 bridgehead atoms. The Morgan fingerprint density at radius 3 is 2.83 bits per heavy atom. The van der Waals surface area contributed by atoms with Gasteiger partial charge in [-0.05, 0) is 42.3 Å². The summed E-state index contributed by atoms with van der Waals surface area (Å²) in [6.07, 6.45) is 0.646. The molecule has 2 atom stereocenters. The van der Waals surface area contributed by atoms with Crippen molar-refractivity contribution in [2.75, 3.05) is 5.32 Å². The molecule has 2 aromatic carbocycles. The lowest BCUT2D eigenvalue weighted by Gasteiger charge is -2.06. The van der Waals surface area contributed by atoms with Crippen LogP contribution < -0.4 is 5.32 Å². The largest absolute Gasteiger partial charge is 0.337 e. The Morgan fingerprint density at radius 1 is 1.30 bits per heavy atom. The zero-order chi connectivity index (χ0) is 21.0. The van der Waals surface area contributed by atoms with Gasteiger partial charge in [0.2, 0.25) is 5.91 Å². The number of anilines is 1. The number of aromatic nitrogens is 4. The lowest BCUT2D eigenvalue weighted by Crippen LogP contribution is -2.17. The fourth-order valence-corrected chi connectivity index (χ4v) is 3.96. The summed E-state index contributed by atoms with van der Waals surface area (Å²) in [6.45, 7) is 2.15. The highest BCUT2D eigenvalue weighted by Gasteiger charge is 2.61. The van der Waals surface area contributed by atoms with E-state index in [9.17, 15) is 13.6 Å². The first kappa shape index (κ1) is 19.4. The van der Waals surface area contributed by atoms with Crippen molar-refractivity contribution in [2.45, 2.75) is 29.6 Å². The topological polar surface area (TPSA) is 86.5 Å². The van der Waals surface area contributed by atoms with Crippen molar-refractivity contribution in [1.82, 2.24) is 20.2 Å². The Morgan fingerprint density at radius 2 is 2.10 bits per heavy atom. The molecule has 1 aliphatic rings. The number of nitrogens with zero attached hydrogens (tertiary/aromatic N) is 2. The van der Waals surface area contributed by atoms with Crippen LogP contribution in [0.15, 0.2) is 36.4 Å². The molecular weight excluding hydrogens is 503 g/mol. The Hall–Kier alpha value is -2.56. The van der Waals surface area contributed by atoms with E-state index in [0.717, 1.165) is 28.4 Å². The summed E-state index contributed by atoms with van der Waals surface area (Å²) in [5, 5.41) is 10.7. The monoisotopic (exact) mass is 521 g/mol. The van der Waals surface area contributed by atoms with Crippen LogP contribution in [0.4, 0.5) is 14.5 Å². The first-order valence-corrected chi connectivity index (χ1v) is 10.9. The molecule has 154 valence electrons. The third-order valence-electron chi connectivity index (χ3n) is 5.42.